The molecule has 1 heterocycles. The highest BCUT2D eigenvalue weighted by atomic mass is 32.2. The summed E-state index contributed by atoms with van der Waals surface area (Å²) in [5.74, 6) is -1.02. The van der Waals surface area contributed by atoms with Crippen LogP contribution in [0.1, 0.15) is 36.5 Å². The average Bonchev–Trinajstić information content (AvgIpc) is 2.85. The van der Waals surface area contributed by atoms with Gasteiger partial charge in [0.2, 0.25) is 10.0 Å². The van der Waals surface area contributed by atoms with Crippen molar-refractivity contribution in [2.75, 3.05) is 18.5 Å². The summed E-state index contributed by atoms with van der Waals surface area (Å²) in [5, 5.41) is 0. The highest BCUT2D eigenvalue weighted by molar-refractivity contribution is 7.89. The Kier molecular flexibility index (Phi) is 7.29. The monoisotopic (exact) mass is 520 g/mol. The van der Waals surface area contributed by atoms with E-state index in [4.69, 9.17) is 0 Å². The maximum atomic E-state index is 13.5. The van der Waals surface area contributed by atoms with Gasteiger partial charge in [0.05, 0.1) is 11.3 Å². The first-order chi connectivity index (χ1) is 15.8. The van der Waals surface area contributed by atoms with Gasteiger partial charge in [-0.3, -0.25) is 4.79 Å². The van der Waals surface area contributed by atoms with Crippen molar-refractivity contribution < 1.29 is 39.0 Å². The summed E-state index contributed by atoms with van der Waals surface area (Å²) in [7, 11) is -9.08. The minimum Gasteiger partial charge on any atom is -0.375 e. The number of hydrogen-bond donors (Lipinski definition) is 0. The fourth-order valence-electron chi connectivity index (χ4n) is 3.65. The number of anilines is 2. The number of likely N-dealkylation sites (N-methyl/N-ethyl adjacent to an activating group) is 1. The molecule has 0 N–H and O–H groups in total. The zero-order chi connectivity index (χ0) is 25.3. The third-order valence-corrected chi connectivity index (χ3v) is 8.42. The Balaban J connectivity index is 2.27. The van der Waals surface area contributed by atoms with E-state index in [1.165, 1.54) is 7.05 Å². The summed E-state index contributed by atoms with van der Waals surface area (Å²) in [6, 6.07) is 9.85. The van der Waals surface area contributed by atoms with Crippen LogP contribution in [0.4, 0.5) is 24.5 Å². The van der Waals surface area contributed by atoms with E-state index in [0.717, 1.165) is 23.2 Å². The minimum atomic E-state index is -6.14. The smallest absolute Gasteiger partial charge is 0.375 e. The van der Waals surface area contributed by atoms with Crippen LogP contribution in [0.2, 0.25) is 0 Å². The number of hydrogen-bond acceptors (Lipinski definition) is 7. The van der Waals surface area contributed by atoms with E-state index < -0.39 is 47.9 Å². The van der Waals surface area contributed by atoms with Gasteiger partial charge in [-0.25, -0.2) is 8.42 Å². The number of para-hydroxylation sites is 1. The predicted molar refractivity (Wildman–Crippen MR) is 119 cm³/mol. The molecule has 13 heteroatoms. The third-order valence-electron chi connectivity index (χ3n) is 5.52. The first kappa shape index (κ1) is 26.0. The first-order valence-electron chi connectivity index (χ1n) is 10.3. The topological polar surface area (TPSA) is 101 Å². The van der Waals surface area contributed by atoms with Gasteiger partial charge in [0.25, 0.3) is 0 Å². The molecule has 0 spiro atoms. The predicted octanol–water partition coefficient (Wildman–Crippen LogP) is 4.06. The van der Waals surface area contributed by atoms with E-state index in [-0.39, 0.29) is 18.5 Å². The van der Waals surface area contributed by atoms with Crippen LogP contribution in [-0.4, -0.2) is 52.6 Å². The summed E-state index contributed by atoms with van der Waals surface area (Å²) in [4.78, 5) is 12.8. The highest BCUT2D eigenvalue weighted by Gasteiger charge is 2.49. The van der Waals surface area contributed by atoms with Gasteiger partial charge >= 0.3 is 15.6 Å². The summed E-state index contributed by atoms with van der Waals surface area (Å²) in [6.07, 6.45) is 2.16. The van der Waals surface area contributed by atoms with E-state index in [1.54, 1.807) is 35.2 Å². The van der Waals surface area contributed by atoms with Crippen molar-refractivity contribution in [2.24, 2.45) is 0 Å². The second kappa shape index (κ2) is 9.55. The Bertz CT molecular complexity index is 1270. The summed E-state index contributed by atoms with van der Waals surface area (Å²) >= 11 is 0. The molecular formula is C21H23F3N2O6S2. The molecule has 1 atom stereocenters. The number of alkyl halides is 3. The van der Waals surface area contributed by atoms with Crippen LogP contribution in [0.5, 0.6) is 5.75 Å². The molecule has 3 rings (SSSR count). The molecular weight excluding hydrogens is 497 g/mol. The molecule has 0 fully saturated rings. The standard InChI is InChI=1S/C21H23F3N2O6S2/c1-3-4-8-17-13-26(16-9-6-5-7-10-16)18-11-15(14-27)19(32-34(30,31)21(22,23)24)12-20(18)33(28,29)25(17)2/h5-7,9-12,14,17H,3-4,8,13H2,1-2H3. The lowest BCUT2D eigenvalue weighted by molar-refractivity contribution is -0.0500. The number of sulfonamides is 1. The zero-order valence-electron chi connectivity index (χ0n) is 18.3. The van der Waals surface area contributed by atoms with E-state index in [0.29, 0.717) is 18.2 Å². The number of aldehydes is 1. The van der Waals surface area contributed by atoms with Gasteiger partial charge in [-0.15, -0.1) is 0 Å². The second-order valence-electron chi connectivity index (χ2n) is 7.72. The molecule has 0 aromatic heterocycles. The normalized spacial score (nSPS) is 18.7. The number of benzene rings is 2. The molecule has 2 aromatic rings. The fraction of sp³-hybridized carbons (Fsp3) is 0.381. The van der Waals surface area contributed by atoms with Crippen LogP contribution in [0.15, 0.2) is 47.4 Å². The minimum absolute atomic E-state index is 0.0240. The van der Waals surface area contributed by atoms with Gasteiger partial charge in [-0.1, -0.05) is 38.0 Å². The number of carbonyl (C=O) groups excluding carboxylic acids is 1. The molecule has 186 valence electrons. The molecule has 2 aromatic carbocycles. The summed E-state index contributed by atoms with van der Waals surface area (Å²) in [5.41, 5.74) is -5.70. The Morgan fingerprint density at radius 3 is 2.38 bits per heavy atom. The van der Waals surface area contributed by atoms with Crippen LogP contribution in [0.25, 0.3) is 0 Å². The number of rotatable bonds is 7. The van der Waals surface area contributed by atoms with Crippen LogP contribution in [0, 0.1) is 0 Å². The molecule has 1 aliphatic rings. The summed E-state index contributed by atoms with van der Waals surface area (Å²) in [6.45, 7) is 2.15. The van der Waals surface area contributed by atoms with Crippen molar-refractivity contribution in [1.29, 1.82) is 0 Å². The fourth-order valence-corrected chi connectivity index (χ4v) is 5.69. The van der Waals surface area contributed by atoms with Crippen molar-refractivity contribution in [2.45, 2.75) is 42.6 Å². The van der Waals surface area contributed by atoms with Crippen molar-refractivity contribution in [3.8, 4) is 5.75 Å². The Labute approximate surface area is 196 Å². The van der Waals surface area contributed by atoms with E-state index in [2.05, 4.69) is 4.18 Å². The van der Waals surface area contributed by atoms with Gasteiger partial charge in [0, 0.05) is 31.4 Å². The number of carbonyl (C=O) groups is 1. The van der Waals surface area contributed by atoms with E-state index in [9.17, 15) is 34.8 Å². The molecule has 0 aliphatic carbocycles. The first-order valence-corrected chi connectivity index (χ1v) is 13.1. The molecule has 0 saturated heterocycles. The third kappa shape index (κ3) is 4.91. The Morgan fingerprint density at radius 1 is 1.18 bits per heavy atom. The highest BCUT2D eigenvalue weighted by Crippen LogP contribution is 2.41. The molecule has 34 heavy (non-hydrogen) atoms. The largest absolute Gasteiger partial charge is 0.534 e. The SMILES string of the molecule is CCCCC1CN(c2ccccc2)c2cc(C=O)c(OS(=O)(=O)C(F)(F)F)cc2S(=O)(=O)N1C. The zero-order valence-corrected chi connectivity index (χ0v) is 20.0. The Morgan fingerprint density at radius 2 is 1.82 bits per heavy atom. The van der Waals surface area contributed by atoms with Crippen LogP contribution < -0.4 is 9.08 Å². The Hall–Kier alpha value is -2.64. The maximum Gasteiger partial charge on any atom is 0.534 e. The molecule has 0 radical (unpaired) electrons. The maximum absolute atomic E-state index is 13.5. The van der Waals surface area contributed by atoms with Crippen LogP contribution >= 0.6 is 0 Å². The summed E-state index contributed by atoms with van der Waals surface area (Å²) < 4.78 is 94.1. The van der Waals surface area contributed by atoms with Crippen LogP contribution in [-0.2, 0) is 20.1 Å². The quantitative estimate of drug-likeness (QED) is 0.308. The number of nitrogens with zero attached hydrogens (tertiary/aromatic N) is 2. The lowest BCUT2D eigenvalue weighted by Gasteiger charge is -2.29. The lowest BCUT2D eigenvalue weighted by Crippen LogP contribution is -2.40. The van der Waals surface area contributed by atoms with Gasteiger partial charge in [-0.05, 0) is 24.6 Å². The number of fused-ring (bicyclic) bond motifs is 1. The van der Waals surface area contributed by atoms with Gasteiger partial charge in [-0.2, -0.15) is 25.9 Å². The van der Waals surface area contributed by atoms with Crippen molar-refractivity contribution in [3.05, 3.63) is 48.0 Å². The van der Waals surface area contributed by atoms with Gasteiger partial charge in [0.1, 0.15) is 4.90 Å². The van der Waals surface area contributed by atoms with Crippen molar-refractivity contribution in [1.82, 2.24) is 4.31 Å². The van der Waals surface area contributed by atoms with Crippen molar-refractivity contribution in [3.63, 3.8) is 0 Å². The van der Waals surface area contributed by atoms with Gasteiger partial charge in [0.15, 0.2) is 12.0 Å². The number of unbranched alkanes of at least 4 members (excludes halogenated alkanes) is 1. The van der Waals surface area contributed by atoms with E-state index >= 15 is 0 Å². The number of halogens is 3. The van der Waals surface area contributed by atoms with Crippen molar-refractivity contribution >= 4 is 37.8 Å². The molecule has 8 nitrogen and oxygen atoms in total. The molecule has 0 amide bonds. The van der Waals surface area contributed by atoms with Gasteiger partial charge < -0.3 is 9.08 Å². The van der Waals surface area contributed by atoms with Crippen LogP contribution in [0.3, 0.4) is 0 Å². The molecule has 0 bridgehead atoms. The molecule has 1 unspecified atom stereocenters. The average molecular weight is 521 g/mol. The van der Waals surface area contributed by atoms with E-state index in [1.807, 2.05) is 6.92 Å². The second-order valence-corrected chi connectivity index (χ2v) is 11.2. The molecule has 1 aliphatic heterocycles. The molecule has 0 saturated carbocycles. The lowest BCUT2D eigenvalue weighted by atomic mass is 10.1.